The summed E-state index contributed by atoms with van der Waals surface area (Å²) in [7, 11) is 4.29. The lowest BCUT2D eigenvalue weighted by Crippen LogP contribution is -2.61. The van der Waals surface area contributed by atoms with Crippen LogP contribution in [0.2, 0.25) is 0 Å². The summed E-state index contributed by atoms with van der Waals surface area (Å²) in [6.45, 7) is 7.12. The van der Waals surface area contributed by atoms with Gasteiger partial charge in [0.1, 0.15) is 0 Å². The molecule has 3 atom stereocenters. The van der Waals surface area contributed by atoms with Crippen molar-refractivity contribution in [3.63, 3.8) is 0 Å². The maximum absolute atomic E-state index is 5.93. The Morgan fingerprint density at radius 2 is 1.87 bits per heavy atom. The first kappa shape index (κ1) is 11.0. The van der Waals surface area contributed by atoms with E-state index in [1.54, 1.807) is 0 Å². The molecule has 0 heterocycles. The highest BCUT2D eigenvalue weighted by atomic mass is 15.2. The van der Waals surface area contributed by atoms with Gasteiger partial charge in [-0.1, -0.05) is 26.7 Å². The quantitative estimate of drug-likeness (QED) is 0.595. The smallest absolute Gasteiger partial charge is 0.0926 e. The molecule has 2 fully saturated rings. The van der Waals surface area contributed by atoms with Crippen molar-refractivity contribution >= 4 is 0 Å². The fourth-order valence-corrected chi connectivity index (χ4v) is 4.86. The lowest BCUT2D eigenvalue weighted by atomic mass is 9.58. The Bertz CT molecular complexity index is 316. The molecular formula is C14H23N. The number of rotatable bonds is 1. The molecule has 0 spiro atoms. The molecule has 2 aliphatic carbocycles. The number of fused-ring (bicyclic) bond motifs is 2. The van der Waals surface area contributed by atoms with Gasteiger partial charge in [-0.2, -0.15) is 0 Å². The number of terminal acetylenes is 1. The SMILES string of the molecule is C#C[C@@]1(N(C)C)C(C)(C)[C@H]2CC[C@@]1(C)C2. The van der Waals surface area contributed by atoms with Gasteiger partial charge in [-0.05, 0) is 50.1 Å². The normalized spacial score (nSPS) is 47.1. The van der Waals surface area contributed by atoms with E-state index in [0.29, 0.717) is 5.41 Å². The van der Waals surface area contributed by atoms with Crippen LogP contribution in [-0.2, 0) is 0 Å². The highest BCUT2D eigenvalue weighted by Gasteiger charge is 2.69. The van der Waals surface area contributed by atoms with Crippen molar-refractivity contribution in [3.05, 3.63) is 0 Å². The third kappa shape index (κ3) is 0.947. The molecule has 0 aromatic heterocycles. The molecule has 2 bridgehead atoms. The van der Waals surface area contributed by atoms with Crippen molar-refractivity contribution < 1.29 is 0 Å². The Morgan fingerprint density at radius 1 is 1.27 bits per heavy atom. The van der Waals surface area contributed by atoms with Gasteiger partial charge in [0.05, 0.1) is 5.54 Å². The van der Waals surface area contributed by atoms with E-state index in [1.807, 2.05) is 0 Å². The second-order valence-corrected chi connectivity index (χ2v) is 6.47. The molecule has 0 amide bonds. The van der Waals surface area contributed by atoms with Crippen molar-refractivity contribution in [1.29, 1.82) is 0 Å². The largest absolute Gasteiger partial charge is 0.293 e. The lowest BCUT2D eigenvalue weighted by Gasteiger charge is -2.54. The van der Waals surface area contributed by atoms with Crippen LogP contribution in [0.1, 0.15) is 40.0 Å². The molecule has 2 rings (SSSR count). The van der Waals surface area contributed by atoms with E-state index in [9.17, 15) is 0 Å². The summed E-state index contributed by atoms with van der Waals surface area (Å²) in [5, 5.41) is 0. The van der Waals surface area contributed by atoms with Crippen LogP contribution in [0.15, 0.2) is 0 Å². The lowest BCUT2D eigenvalue weighted by molar-refractivity contribution is -0.0240. The van der Waals surface area contributed by atoms with E-state index in [-0.39, 0.29) is 11.0 Å². The summed E-state index contributed by atoms with van der Waals surface area (Å²) < 4.78 is 0. The molecule has 84 valence electrons. The highest BCUT2D eigenvalue weighted by Crippen LogP contribution is 2.69. The molecular weight excluding hydrogens is 182 g/mol. The third-order valence-corrected chi connectivity index (χ3v) is 5.45. The molecule has 2 aliphatic rings. The van der Waals surface area contributed by atoms with Crippen LogP contribution in [-0.4, -0.2) is 24.5 Å². The summed E-state index contributed by atoms with van der Waals surface area (Å²) in [6, 6.07) is 0. The fourth-order valence-electron chi connectivity index (χ4n) is 4.86. The predicted octanol–water partition coefficient (Wildman–Crippen LogP) is 2.77. The van der Waals surface area contributed by atoms with E-state index in [1.165, 1.54) is 19.3 Å². The van der Waals surface area contributed by atoms with Gasteiger partial charge >= 0.3 is 0 Å². The van der Waals surface area contributed by atoms with Crippen LogP contribution in [0, 0.1) is 29.1 Å². The molecule has 15 heavy (non-hydrogen) atoms. The van der Waals surface area contributed by atoms with E-state index in [4.69, 9.17) is 6.42 Å². The van der Waals surface area contributed by atoms with Crippen molar-refractivity contribution in [3.8, 4) is 12.3 Å². The van der Waals surface area contributed by atoms with Crippen LogP contribution in [0.3, 0.4) is 0 Å². The minimum Gasteiger partial charge on any atom is -0.293 e. The summed E-state index contributed by atoms with van der Waals surface area (Å²) in [4.78, 5) is 2.30. The molecule has 1 nitrogen and oxygen atoms in total. The zero-order chi connectivity index (χ0) is 11.5. The first-order chi connectivity index (χ1) is 6.82. The fraction of sp³-hybridized carbons (Fsp3) is 0.857. The Morgan fingerprint density at radius 3 is 2.13 bits per heavy atom. The average Bonchev–Trinajstić information content (AvgIpc) is 2.55. The molecule has 1 heteroatoms. The van der Waals surface area contributed by atoms with Gasteiger partial charge in [0.2, 0.25) is 0 Å². The molecule has 0 aliphatic heterocycles. The summed E-state index contributed by atoms with van der Waals surface area (Å²) in [5.74, 6) is 3.97. The third-order valence-electron chi connectivity index (χ3n) is 5.45. The first-order valence-corrected chi connectivity index (χ1v) is 5.97. The predicted molar refractivity (Wildman–Crippen MR) is 64.5 cm³/mol. The van der Waals surface area contributed by atoms with Crippen molar-refractivity contribution in [1.82, 2.24) is 4.90 Å². The van der Waals surface area contributed by atoms with Crippen molar-refractivity contribution in [2.75, 3.05) is 14.1 Å². The van der Waals surface area contributed by atoms with E-state index in [2.05, 4.69) is 45.7 Å². The average molecular weight is 205 g/mol. The van der Waals surface area contributed by atoms with Crippen molar-refractivity contribution in [2.45, 2.75) is 45.6 Å². The number of nitrogens with zero attached hydrogens (tertiary/aromatic N) is 1. The second-order valence-electron chi connectivity index (χ2n) is 6.47. The number of hydrogen-bond acceptors (Lipinski definition) is 1. The van der Waals surface area contributed by atoms with Gasteiger partial charge in [0.25, 0.3) is 0 Å². The minimum absolute atomic E-state index is 0.0527. The second kappa shape index (κ2) is 2.80. The molecule has 0 radical (unpaired) electrons. The van der Waals surface area contributed by atoms with Gasteiger partial charge in [0, 0.05) is 0 Å². The number of hydrogen-bond donors (Lipinski definition) is 0. The van der Waals surface area contributed by atoms with Gasteiger partial charge in [-0.25, -0.2) is 0 Å². The topological polar surface area (TPSA) is 3.24 Å². The van der Waals surface area contributed by atoms with Crippen LogP contribution in [0.25, 0.3) is 0 Å². The van der Waals surface area contributed by atoms with Crippen molar-refractivity contribution in [2.24, 2.45) is 16.7 Å². The van der Waals surface area contributed by atoms with E-state index < -0.39 is 0 Å². The molecule has 0 saturated heterocycles. The van der Waals surface area contributed by atoms with Crippen LogP contribution < -0.4 is 0 Å². The Balaban J connectivity index is 2.59. The van der Waals surface area contributed by atoms with Gasteiger partial charge in [0.15, 0.2) is 0 Å². The monoisotopic (exact) mass is 205 g/mol. The van der Waals surface area contributed by atoms with Crippen LogP contribution >= 0.6 is 0 Å². The standard InChI is InChI=1S/C14H23N/c1-7-14(15(5)6)12(2,3)11-8-9-13(14,4)10-11/h1,11H,8-10H2,2-6H3/t11-,13-,14+/m0/s1. The van der Waals surface area contributed by atoms with Crippen LogP contribution in [0.5, 0.6) is 0 Å². The van der Waals surface area contributed by atoms with Crippen LogP contribution in [0.4, 0.5) is 0 Å². The van der Waals surface area contributed by atoms with Gasteiger partial charge < -0.3 is 0 Å². The molecule has 0 aromatic rings. The minimum atomic E-state index is -0.0527. The van der Waals surface area contributed by atoms with Gasteiger partial charge in [-0.15, -0.1) is 6.42 Å². The zero-order valence-corrected chi connectivity index (χ0v) is 10.7. The molecule has 2 saturated carbocycles. The molecule has 0 N–H and O–H groups in total. The molecule has 0 aromatic carbocycles. The summed E-state index contributed by atoms with van der Waals surface area (Å²) in [5.41, 5.74) is 0.514. The molecule has 0 unspecified atom stereocenters. The highest BCUT2D eigenvalue weighted by molar-refractivity contribution is 5.33. The van der Waals surface area contributed by atoms with Gasteiger partial charge in [-0.3, -0.25) is 4.90 Å². The van der Waals surface area contributed by atoms with E-state index >= 15 is 0 Å². The Labute approximate surface area is 94.2 Å². The Kier molecular flexibility index (Phi) is 2.06. The first-order valence-electron chi connectivity index (χ1n) is 5.97. The maximum Gasteiger partial charge on any atom is 0.0926 e. The zero-order valence-electron chi connectivity index (χ0n) is 10.7. The maximum atomic E-state index is 5.93. The van der Waals surface area contributed by atoms with E-state index in [0.717, 1.165) is 5.92 Å². The Hall–Kier alpha value is -0.480. The summed E-state index contributed by atoms with van der Waals surface area (Å²) >= 11 is 0. The summed E-state index contributed by atoms with van der Waals surface area (Å²) in [6.07, 6.45) is 9.89.